The summed E-state index contributed by atoms with van der Waals surface area (Å²) in [6, 6.07) is 22.1. The van der Waals surface area contributed by atoms with Crippen LogP contribution in [0, 0.1) is 5.92 Å². The summed E-state index contributed by atoms with van der Waals surface area (Å²) >= 11 is 0. The minimum atomic E-state index is -0.0661. The summed E-state index contributed by atoms with van der Waals surface area (Å²) in [7, 11) is 0. The molecule has 4 heteroatoms. The number of hydrogen-bond acceptors (Lipinski definition) is 3. The van der Waals surface area contributed by atoms with E-state index in [0.717, 1.165) is 54.5 Å². The fourth-order valence-electron chi connectivity index (χ4n) is 4.23. The summed E-state index contributed by atoms with van der Waals surface area (Å²) in [6.45, 7) is 4.12. The van der Waals surface area contributed by atoms with Crippen molar-refractivity contribution in [3.8, 4) is 0 Å². The van der Waals surface area contributed by atoms with Crippen LogP contribution in [0.2, 0.25) is 0 Å². The fraction of sp³-hybridized carbons (Fsp3) is 0.280. The molecule has 1 N–H and O–H groups in total. The Bertz CT molecular complexity index is 1020. The van der Waals surface area contributed by atoms with Crippen LogP contribution in [0.15, 0.2) is 66.7 Å². The third-order valence-corrected chi connectivity index (χ3v) is 5.61. The molecule has 4 rings (SSSR count). The van der Waals surface area contributed by atoms with Crippen LogP contribution in [0.25, 0.3) is 10.8 Å². The molecule has 3 aromatic carbocycles. The Hall–Kier alpha value is -2.98. The minimum Gasteiger partial charge on any atom is -0.326 e. The van der Waals surface area contributed by atoms with Gasteiger partial charge in [-0.1, -0.05) is 54.6 Å². The van der Waals surface area contributed by atoms with Crippen molar-refractivity contribution in [3.05, 3.63) is 77.9 Å². The van der Waals surface area contributed by atoms with Crippen molar-refractivity contribution in [2.75, 3.05) is 18.4 Å². The van der Waals surface area contributed by atoms with Crippen LogP contribution >= 0.6 is 0 Å². The molecule has 1 saturated heterocycles. The van der Waals surface area contributed by atoms with E-state index in [1.807, 2.05) is 54.6 Å². The smallest absolute Gasteiger partial charge is 0.221 e. The first-order valence-corrected chi connectivity index (χ1v) is 10.2. The molecular formula is C25H26N2O2. The zero-order valence-corrected chi connectivity index (χ0v) is 16.7. The summed E-state index contributed by atoms with van der Waals surface area (Å²) in [6.07, 6.45) is 1.98. The largest absolute Gasteiger partial charge is 0.326 e. The van der Waals surface area contributed by atoms with Gasteiger partial charge in [-0.3, -0.25) is 14.5 Å². The van der Waals surface area contributed by atoms with Gasteiger partial charge in [0.1, 0.15) is 0 Å². The van der Waals surface area contributed by atoms with E-state index >= 15 is 0 Å². The average molecular weight is 386 g/mol. The van der Waals surface area contributed by atoms with Gasteiger partial charge in [0, 0.05) is 37.2 Å². The van der Waals surface area contributed by atoms with Crippen molar-refractivity contribution < 1.29 is 9.59 Å². The number of fused-ring (bicyclic) bond motifs is 1. The van der Waals surface area contributed by atoms with Crippen LogP contribution in [0.5, 0.6) is 0 Å². The van der Waals surface area contributed by atoms with Gasteiger partial charge in [-0.05, 0) is 47.9 Å². The molecule has 1 aliphatic heterocycles. The normalized spacial score (nSPS) is 17.2. The summed E-state index contributed by atoms with van der Waals surface area (Å²) in [5.74, 6) is 0.226. The molecule has 29 heavy (non-hydrogen) atoms. The van der Waals surface area contributed by atoms with Gasteiger partial charge < -0.3 is 5.32 Å². The molecule has 0 aromatic heterocycles. The van der Waals surface area contributed by atoms with E-state index in [1.54, 1.807) is 0 Å². The van der Waals surface area contributed by atoms with Crippen LogP contribution in [0.1, 0.15) is 35.7 Å². The Morgan fingerprint density at radius 1 is 1.00 bits per heavy atom. The molecule has 0 aliphatic carbocycles. The molecule has 0 unspecified atom stereocenters. The first-order chi connectivity index (χ1) is 14.1. The highest BCUT2D eigenvalue weighted by Gasteiger charge is 2.27. The first-order valence-electron chi connectivity index (χ1n) is 10.2. The van der Waals surface area contributed by atoms with Crippen molar-refractivity contribution in [2.24, 2.45) is 5.92 Å². The van der Waals surface area contributed by atoms with Crippen molar-refractivity contribution in [2.45, 2.75) is 26.3 Å². The topological polar surface area (TPSA) is 49.4 Å². The highest BCUT2D eigenvalue weighted by atomic mass is 16.1. The predicted molar refractivity (Wildman–Crippen MR) is 117 cm³/mol. The maximum Gasteiger partial charge on any atom is 0.221 e. The maximum absolute atomic E-state index is 13.3. The number of benzene rings is 3. The van der Waals surface area contributed by atoms with Crippen molar-refractivity contribution in [3.63, 3.8) is 0 Å². The lowest BCUT2D eigenvalue weighted by Gasteiger charge is -2.32. The van der Waals surface area contributed by atoms with Gasteiger partial charge in [0.2, 0.25) is 5.91 Å². The number of nitrogens with one attached hydrogen (secondary N) is 1. The second-order valence-corrected chi connectivity index (χ2v) is 7.84. The number of carbonyl (C=O) groups excluding carboxylic acids is 2. The quantitative estimate of drug-likeness (QED) is 0.635. The van der Waals surface area contributed by atoms with Gasteiger partial charge in [0.25, 0.3) is 0 Å². The molecule has 0 radical (unpaired) electrons. The molecular weight excluding hydrogens is 360 g/mol. The van der Waals surface area contributed by atoms with Crippen LogP contribution in [-0.4, -0.2) is 29.7 Å². The molecule has 3 aromatic rings. The van der Waals surface area contributed by atoms with Crippen LogP contribution in [0.3, 0.4) is 0 Å². The first kappa shape index (κ1) is 19.3. The average Bonchev–Trinajstić information content (AvgIpc) is 2.74. The van der Waals surface area contributed by atoms with Crippen molar-refractivity contribution in [1.29, 1.82) is 0 Å². The Kier molecular flexibility index (Phi) is 5.72. The summed E-state index contributed by atoms with van der Waals surface area (Å²) in [5.41, 5.74) is 2.84. The standard InChI is InChI=1S/C25H26N2O2/c1-18(28)26-22-13-11-19(12-14-22)16-27-15-5-8-21(17-27)25(29)24-10-4-7-20-6-2-3-9-23(20)24/h2-4,6-7,9-14,21H,5,8,15-17H2,1H3,(H,26,28)/t21-/m0/s1. The number of Topliss-reactive ketones (excluding diaryl/α,β-unsaturated/α-hetero) is 1. The second kappa shape index (κ2) is 8.58. The molecule has 4 nitrogen and oxygen atoms in total. The van der Waals surface area contributed by atoms with Crippen LogP contribution in [0.4, 0.5) is 5.69 Å². The zero-order valence-electron chi connectivity index (χ0n) is 16.7. The predicted octanol–water partition coefficient (Wildman–Crippen LogP) is 4.89. The number of ketones is 1. The second-order valence-electron chi connectivity index (χ2n) is 7.84. The van der Waals surface area contributed by atoms with Gasteiger partial charge in [0.05, 0.1) is 0 Å². The number of carbonyl (C=O) groups is 2. The summed E-state index contributed by atoms with van der Waals surface area (Å²) in [5, 5.41) is 4.96. The number of piperidine rings is 1. The Balaban J connectivity index is 1.45. The van der Waals surface area contributed by atoms with E-state index in [4.69, 9.17) is 0 Å². The van der Waals surface area contributed by atoms with E-state index in [0.29, 0.717) is 0 Å². The summed E-state index contributed by atoms with van der Waals surface area (Å²) in [4.78, 5) is 26.8. The van der Waals surface area contributed by atoms with Crippen molar-refractivity contribution >= 4 is 28.2 Å². The lowest BCUT2D eigenvalue weighted by atomic mass is 9.88. The molecule has 148 valence electrons. The molecule has 1 fully saturated rings. The van der Waals surface area contributed by atoms with Crippen molar-refractivity contribution in [1.82, 2.24) is 4.90 Å². The molecule has 1 aliphatic rings. The number of likely N-dealkylation sites (tertiary alicyclic amines) is 1. The SMILES string of the molecule is CC(=O)Nc1ccc(CN2CCC[C@H](C(=O)c3cccc4ccccc34)C2)cc1. The number of rotatable bonds is 5. The van der Waals surface area contributed by atoms with Gasteiger partial charge in [0.15, 0.2) is 5.78 Å². The van der Waals surface area contributed by atoms with E-state index in [-0.39, 0.29) is 17.6 Å². The van der Waals surface area contributed by atoms with Gasteiger partial charge in [-0.25, -0.2) is 0 Å². The Morgan fingerprint density at radius 3 is 2.55 bits per heavy atom. The van der Waals surface area contributed by atoms with E-state index in [9.17, 15) is 9.59 Å². The van der Waals surface area contributed by atoms with E-state index in [1.165, 1.54) is 12.5 Å². The molecule has 0 spiro atoms. The highest BCUT2D eigenvalue weighted by Crippen LogP contribution is 2.26. The summed E-state index contributed by atoms with van der Waals surface area (Å²) < 4.78 is 0. The van der Waals surface area contributed by atoms with Gasteiger partial charge >= 0.3 is 0 Å². The fourth-order valence-corrected chi connectivity index (χ4v) is 4.23. The Morgan fingerprint density at radius 2 is 1.76 bits per heavy atom. The molecule has 1 amide bonds. The van der Waals surface area contributed by atoms with Crippen LogP contribution < -0.4 is 5.32 Å². The third-order valence-electron chi connectivity index (χ3n) is 5.61. The van der Waals surface area contributed by atoms with Gasteiger partial charge in [-0.2, -0.15) is 0 Å². The monoisotopic (exact) mass is 386 g/mol. The molecule has 1 heterocycles. The van der Waals surface area contributed by atoms with E-state index < -0.39 is 0 Å². The highest BCUT2D eigenvalue weighted by molar-refractivity contribution is 6.09. The minimum absolute atomic E-state index is 0.0354. The number of nitrogens with zero attached hydrogens (tertiary/aromatic N) is 1. The molecule has 0 bridgehead atoms. The molecule has 0 saturated carbocycles. The number of hydrogen-bond donors (Lipinski definition) is 1. The number of amides is 1. The van der Waals surface area contributed by atoms with E-state index in [2.05, 4.69) is 22.3 Å². The Labute approximate surface area is 171 Å². The maximum atomic E-state index is 13.3. The molecule has 1 atom stereocenters. The lowest BCUT2D eigenvalue weighted by Crippen LogP contribution is -2.38. The number of anilines is 1. The zero-order chi connectivity index (χ0) is 20.2. The van der Waals surface area contributed by atoms with Crippen LogP contribution in [-0.2, 0) is 11.3 Å². The van der Waals surface area contributed by atoms with Gasteiger partial charge in [-0.15, -0.1) is 0 Å². The third kappa shape index (κ3) is 4.54. The lowest BCUT2D eigenvalue weighted by molar-refractivity contribution is -0.114.